The van der Waals surface area contributed by atoms with Crippen molar-refractivity contribution < 1.29 is 18.8 Å². The first-order valence-electron chi connectivity index (χ1n) is 10.8. The number of carbonyl (C=O) groups is 2. The molecule has 0 saturated carbocycles. The molecule has 0 fully saturated rings. The number of benzene rings is 3. The topological polar surface area (TPSA) is 81.4 Å². The first-order valence-corrected chi connectivity index (χ1v) is 10.8. The van der Waals surface area contributed by atoms with Crippen molar-refractivity contribution in [3.05, 3.63) is 108 Å². The Morgan fingerprint density at radius 2 is 1.42 bits per heavy atom. The fraction of sp³-hybridized carbons (Fsp3) is 0.148. The van der Waals surface area contributed by atoms with Gasteiger partial charge < -0.3 is 9.26 Å². The van der Waals surface area contributed by atoms with E-state index in [4.69, 9.17) is 9.26 Å². The molecule has 6 heteroatoms. The summed E-state index contributed by atoms with van der Waals surface area (Å²) < 4.78 is 10.5. The Morgan fingerprint density at radius 3 is 1.97 bits per heavy atom. The summed E-state index contributed by atoms with van der Waals surface area (Å²) in [6.45, 7) is 1.92. The van der Waals surface area contributed by atoms with Crippen molar-refractivity contribution in [3.8, 4) is 11.1 Å². The van der Waals surface area contributed by atoms with Crippen LogP contribution in [0.25, 0.3) is 11.1 Å². The van der Waals surface area contributed by atoms with Crippen molar-refractivity contribution in [1.29, 1.82) is 0 Å². The molecule has 0 bridgehead atoms. The summed E-state index contributed by atoms with van der Waals surface area (Å²) in [5.41, 5.74) is 3.19. The summed E-state index contributed by atoms with van der Waals surface area (Å²) in [6.07, 6.45) is 0.192. The normalized spacial score (nSPS) is 10.7. The molecule has 1 aromatic heterocycles. The predicted molar refractivity (Wildman–Crippen MR) is 126 cm³/mol. The molecule has 4 rings (SSSR count). The van der Waals surface area contributed by atoms with E-state index in [1.807, 2.05) is 91.0 Å². The van der Waals surface area contributed by atoms with Gasteiger partial charge in [-0.05, 0) is 23.6 Å². The van der Waals surface area contributed by atoms with E-state index in [0.29, 0.717) is 11.1 Å². The minimum Gasteiger partial charge on any atom is -0.461 e. The van der Waals surface area contributed by atoms with Gasteiger partial charge in [-0.15, -0.1) is 0 Å². The van der Waals surface area contributed by atoms with Crippen molar-refractivity contribution in [2.45, 2.75) is 19.3 Å². The minimum atomic E-state index is -0.605. The smallest absolute Gasteiger partial charge is 0.361 e. The Kier molecular flexibility index (Phi) is 6.95. The summed E-state index contributed by atoms with van der Waals surface area (Å²) in [4.78, 5) is 25.6. The van der Waals surface area contributed by atoms with E-state index in [2.05, 4.69) is 10.5 Å². The van der Waals surface area contributed by atoms with Gasteiger partial charge in [0, 0.05) is 12.3 Å². The van der Waals surface area contributed by atoms with Crippen LogP contribution >= 0.6 is 0 Å². The molecule has 3 aromatic carbocycles. The average molecular weight is 440 g/mol. The fourth-order valence-electron chi connectivity index (χ4n) is 3.75. The highest BCUT2D eigenvalue weighted by Gasteiger charge is 2.26. The molecule has 33 heavy (non-hydrogen) atoms. The molecule has 0 atom stereocenters. The molecular weight excluding hydrogens is 416 g/mol. The molecule has 0 aliphatic carbocycles. The van der Waals surface area contributed by atoms with E-state index in [-0.39, 0.29) is 36.4 Å². The van der Waals surface area contributed by atoms with E-state index >= 15 is 0 Å². The van der Waals surface area contributed by atoms with Crippen LogP contribution in [0, 0.1) is 0 Å². The van der Waals surface area contributed by atoms with E-state index in [0.717, 1.165) is 11.1 Å². The van der Waals surface area contributed by atoms with Crippen LogP contribution in [-0.4, -0.2) is 23.6 Å². The number of aromatic nitrogens is 1. The van der Waals surface area contributed by atoms with Crippen molar-refractivity contribution in [1.82, 2.24) is 5.16 Å². The molecule has 6 nitrogen and oxygen atoms in total. The van der Waals surface area contributed by atoms with Gasteiger partial charge in [0.2, 0.25) is 17.5 Å². The van der Waals surface area contributed by atoms with Gasteiger partial charge in [0.1, 0.15) is 0 Å². The third-order valence-corrected chi connectivity index (χ3v) is 5.27. The van der Waals surface area contributed by atoms with Crippen LogP contribution in [0.5, 0.6) is 0 Å². The largest absolute Gasteiger partial charge is 0.461 e. The summed E-state index contributed by atoms with van der Waals surface area (Å²) in [7, 11) is 0. The van der Waals surface area contributed by atoms with Crippen LogP contribution in [0.1, 0.15) is 40.9 Å². The first kappa shape index (κ1) is 22.0. The maximum Gasteiger partial charge on any atom is 0.361 e. The summed E-state index contributed by atoms with van der Waals surface area (Å²) in [5.74, 6) is -0.877. The van der Waals surface area contributed by atoms with Crippen LogP contribution in [0.3, 0.4) is 0 Å². The lowest BCUT2D eigenvalue weighted by Crippen LogP contribution is -2.17. The molecular formula is C27H24N2O4. The molecule has 0 aliphatic heterocycles. The Balaban J connectivity index is 1.63. The van der Waals surface area contributed by atoms with Crippen molar-refractivity contribution in [2.24, 2.45) is 0 Å². The molecule has 1 heterocycles. The third-order valence-electron chi connectivity index (χ3n) is 5.27. The van der Waals surface area contributed by atoms with Crippen LogP contribution < -0.4 is 5.32 Å². The van der Waals surface area contributed by atoms with E-state index in [1.54, 1.807) is 6.92 Å². The van der Waals surface area contributed by atoms with Crippen molar-refractivity contribution in [2.75, 3.05) is 11.9 Å². The summed E-state index contributed by atoms with van der Waals surface area (Å²) >= 11 is 0. The number of nitrogens with zero attached hydrogens (tertiary/aromatic N) is 1. The number of carbonyl (C=O) groups excluding carboxylic acids is 2. The minimum absolute atomic E-state index is 0.0287. The highest BCUT2D eigenvalue weighted by molar-refractivity contribution is 6.02. The van der Waals surface area contributed by atoms with Crippen LogP contribution in [0.15, 0.2) is 95.5 Å². The van der Waals surface area contributed by atoms with E-state index < -0.39 is 5.97 Å². The van der Waals surface area contributed by atoms with E-state index in [1.165, 1.54) is 0 Å². The second kappa shape index (κ2) is 10.4. The highest BCUT2D eigenvalue weighted by atomic mass is 16.5. The Labute approximate surface area is 192 Å². The number of hydrogen-bond donors (Lipinski definition) is 1. The van der Waals surface area contributed by atoms with Crippen LogP contribution in [0.2, 0.25) is 0 Å². The molecule has 0 unspecified atom stereocenters. The zero-order valence-electron chi connectivity index (χ0n) is 18.2. The van der Waals surface area contributed by atoms with E-state index in [9.17, 15) is 9.59 Å². The maximum absolute atomic E-state index is 13.1. The first-order chi connectivity index (χ1) is 16.2. The van der Waals surface area contributed by atoms with Gasteiger partial charge in [-0.3, -0.25) is 10.1 Å². The second-order valence-corrected chi connectivity index (χ2v) is 7.45. The Bertz CT molecular complexity index is 1170. The third kappa shape index (κ3) is 5.18. The molecule has 0 radical (unpaired) electrons. The number of nitrogens with one attached hydrogen (secondary N) is 1. The van der Waals surface area contributed by atoms with Gasteiger partial charge in [0.15, 0.2) is 0 Å². The number of rotatable bonds is 8. The standard InChI is InChI=1S/C27H24N2O4/c1-2-32-27(31)25-24(21-16-10-5-11-17-21)26(33-29-25)28-23(30)18-22(19-12-6-3-7-13-19)20-14-8-4-9-15-20/h3-17,22H,2,18H2,1H3,(H,28,30). The fourth-order valence-corrected chi connectivity index (χ4v) is 3.75. The molecule has 1 N–H and O–H groups in total. The zero-order valence-corrected chi connectivity index (χ0v) is 18.2. The second-order valence-electron chi connectivity index (χ2n) is 7.45. The summed E-state index contributed by atoms with van der Waals surface area (Å²) in [6, 6.07) is 28.9. The zero-order chi connectivity index (χ0) is 23.0. The molecule has 0 spiro atoms. The number of hydrogen-bond acceptors (Lipinski definition) is 5. The molecule has 0 saturated heterocycles. The lowest BCUT2D eigenvalue weighted by molar-refractivity contribution is -0.116. The molecule has 0 aliphatic rings. The summed E-state index contributed by atoms with van der Waals surface area (Å²) in [5, 5.41) is 6.72. The van der Waals surface area contributed by atoms with Gasteiger partial charge in [-0.2, -0.15) is 0 Å². The highest BCUT2D eigenvalue weighted by Crippen LogP contribution is 2.34. The maximum atomic E-state index is 13.1. The number of esters is 1. The monoisotopic (exact) mass is 440 g/mol. The molecule has 4 aromatic rings. The van der Waals surface area contributed by atoms with Crippen molar-refractivity contribution in [3.63, 3.8) is 0 Å². The van der Waals surface area contributed by atoms with Crippen molar-refractivity contribution >= 4 is 17.8 Å². The lowest BCUT2D eigenvalue weighted by atomic mass is 9.88. The molecule has 1 amide bonds. The lowest BCUT2D eigenvalue weighted by Gasteiger charge is -2.17. The van der Waals surface area contributed by atoms with Crippen LogP contribution in [0.4, 0.5) is 5.88 Å². The quantitative estimate of drug-likeness (QED) is 0.357. The SMILES string of the molecule is CCOC(=O)c1noc(NC(=O)CC(c2ccccc2)c2ccccc2)c1-c1ccccc1. The number of anilines is 1. The predicted octanol–water partition coefficient (Wildman–Crippen LogP) is 5.68. The Hall–Kier alpha value is -4.19. The molecule has 166 valence electrons. The average Bonchev–Trinajstić information content (AvgIpc) is 3.28. The van der Waals surface area contributed by atoms with Gasteiger partial charge in [-0.25, -0.2) is 4.79 Å². The van der Waals surface area contributed by atoms with Gasteiger partial charge in [0.25, 0.3) is 0 Å². The van der Waals surface area contributed by atoms with Crippen LogP contribution in [-0.2, 0) is 9.53 Å². The van der Waals surface area contributed by atoms with Gasteiger partial charge >= 0.3 is 5.97 Å². The Morgan fingerprint density at radius 1 is 0.879 bits per heavy atom. The van der Waals surface area contributed by atoms with Gasteiger partial charge in [-0.1, -0.05) is 96.2 Å². The number of amides is 1. The van der Waals surface area contributed by atoms with Gasteiger partial charge in [0.05, 0.1) is 12.2 Å². The number of ether oxygens (including phenoxy) is 1.